The van der Waals surface area contributed by atoms with Crippen LogP contribution < -0.4 is 25.4 Å². The highest BCUT2D eigenvalue weighted by atomic mass is 16.7. The fraction of sp³-hybridized carbons (Fsp3) is 0.257. The van der Waals surface area contributed by atoms with E-state index in [9.17, 15) is 19.7 Å². The van der Waals surface area contributed by atoms with Gasteiger partial charge in [-0.25, -0.2) is 0 Å². The van der Waals surface area contributed by atoms with Gasteiger partial charge >= 0.3 is 0 Å². The topological polar surface area (TPSA) is 140 Å². The number of nitro groups is 1. The number of fused-ring (bicyclic) bond motifs is 1. The van der Waals surface area contributed by atoms with E-state index in [0.29, 0.717) is 54.4 Å². The summed E-state index contributed by atoms with van der Waals surface area (Å²) in [5.74, 6) is 0.708. The van der Waals surface area contributed by atoms with Crippen molar-refractivity contribution in [3.05, 3.63) is 112 Å². The SMILES string of the molecule is NCCCN(Cc1cccc(-c2ccc(N3CCCC3)c(NC(=O)c3ccc([N+](=O)[O-])cc3)c2)c1)C(=O)c1ccc2c(c1)OCO2. The van der Waals surface area contributed by atoms with Crippen molar-refractivity contribution < 1.29 is 24.0 Å². The van der Waals surface area contributed by atoms with Crippen LogP contribution in [0.3, 0.4) is 0 Å². The smallest absolute Gasteiger partial charge is 0.269 e. The lowest BCUT2D eigenvalue weighted by atomic mass is 10.0. The molecule has 0 spiro atoms. The van der Waals surface area contributed by atoms with Crippen LogP contribution in [0.2, 0.25) is 0 Å². The lowest BCUT2D eigenvalue weighted by Crippen LogP contribution is -2.32. The fourth-order valence-corrected chi connectivity index (χ4v) is 5.79. The summed E-state index contributed by atoms with van der Waals surface area (Å²) < 4.78 is 10.9. The van der Waals surface area contributed by atoms with E-state index in [1.54, 1.807) is 23.1 Å². The van der Waals surface area contributed by atoms with E-state index < -0.39 is 4.92 Å². The molecule has 0 saturated carbocycles. The second-order valence-electron chi connectivity index (χ2n) is 11.3. The monoisotopic (exact) mass is 621 g/mol. The summed E-state index contributed by atoms with van der Waals surface area (Å²) >= 11 is 0. The number of hydrogen-bond acceptors (Lipinski definition) is 8. The molecular weight excluding hydrogens is 586 g/mol. The highest BCUT2D eigenvalue weighted by Crippen LogP contribution is 2.35. The summed E-state index contributed by atoms with van der Waals surface area (Å²) in [6.45, 7) is 3.27. The first kappa shape index (κ1) is 30.6. The molecule has 3 N–H and O–H groups in total. The lowest BCUT2D eigenvalue weighted by Gasteiger charge is -2.24. The Kier molecular flexibility index (Phi) is 9.11. The summed E-state index contributed by atoms with van der Waals surface area (Å²) in [7, 11) is 0. The molecule has 236 valence electrons. The van der Waals surface area contributed by atoms with Crippen molar-refractivity contribution in [2.75, 3.05) is 43.2 Å². The van der Waals surface area contributed by atoms with E-state index in [1.165, 1.54) is 24.3 Å². The van der Waals surface area contributed by atoms with E-state index in [2.05, 4.69) is 16.3 Å². The van der Waals surface area contributed by atoms with Gasteiger partial charge in [-0.2, -0.15) is 0 Å². The molecular formula is C35H35N5O6. The van der Waals surface area contributed by atoms with Gasteiger partial charge in [0.2, 0.25) is 6.79 Å². The molecule has 2 heterocycles. The Morgan fingerprint density at radius 3 is 2.39 bits per heavy atom. The third kappa shape index (κ3) is 6.79. The van der Waals surface area contributed by atoms with Gasteiger partial charge in [0.25, 0.3) is 17.5 Å². The molecule has 0 unspecified atom stereocenters. The van der Waals surface area contributed by atoms with E-state index in [0.717, 1.165) is 48.3 Å². The molecule has 11 nitrogen and oxygen atoms in total. The number of nitrogens with one attached hydrogen (secondary N) is 1. The number of hydrogen-bond donors (Lipinski definition) is 2. The second-order valence-corrected chi connectivity index (χ2v) is 11.3. The Balaban J connectivity index is 1.26. The second kappa shape index (κ2) is 13.7. The highest BCUT2D eigenvalue weighted by Gasteiger charge is 2.22. The molecule has 2 aliphatic heterocycles. The minimum Gasteiger partial charge on any atom is -0.454 e. The molecule has 2 aliphatic rings. The first-order chi connectivity index (χ1) is 22.4. The molecule has 11 heteroatoms. The number of nitro benzene ring substituents is 1. The van der Waals surface area contributed by atoms with Crippen LogP contribution in [0, 0.1) is 10.1 Å². The Bertz CT molecular complexity index is 1750. The molecule has 0 atom stereocenters. The van der Waals surface area contributed by atoms with Crippen LogP contribution in [0.5, 0.6) is 11.5 Å². The van der Waals surface area contributed by atoms with Crippen molar-refractivity contribution in [3.63, 3.8) is 0 Å². The van der Waals surface area contributed by atoms with E-state index in [-0.39, 0.29) is 24.3 Å². The highest BCUT2D eigenvalue weighted by molar-refractivity contribution is 6.06. The average molecular weight is 622 g/mol. The zero-order valence-electron chi connectivity index (χ0n) is 25.3. The predicted octanol–water partition coefficient (Wildman–Crippen LogP) is 5.83. The Labute approximate surface area is 266 Å². The minimum atomic E-state index is -0.491. The molecule has 0 aliphatic carbocycles. The Hall–Kier alpha value is -5.42. The van der Waals surface area contributed by atoms with Gasteiger partial charge in [-0.05, 0) is 91.0 Å². The molecule has 6 rings (SSSR count). The standard InChI is InChI=1S/C35H35N5O6/c36-15-4-18-39(35(42)28-10-14-32-33(21-28)46-23-45-32)22-24-5-3-6-26(19-24)27-9-13-31(38-16-1-2-17-38)30(20-27)37-34(41)25-7-11-29(12-8-25)40(43)44/h3,5-14,19-21H,1-2,4,15-18,22-23,36H2,(H,37,41). The first-order valence-corrected chi connectivity index (χ1v) is 15.3. The Morgan fingerprint density at radius 2 is 1.63 bits per heavy atom. The fourth-order valence-electron chi connectivity index (χ4n) is 5.79. The first-order valence-electron chi connectivity index (χ1n) is 15.3. The summed E-state index contributed by atoms with van der Waals surface area (Å²) in [4.78, 5) is 41.5. The third-order valence-electron chi connectivity index (χ3n) is 8.20. The number of benzene rings is 4. The molecule has 4 aromatic carbocycles. The molecule has 0 aromatic heterocycles. The van der Waals surface area contributed by atoms with Gasteiger partial charge in [0, 0.05) is 49.4 Å². The van der Waals surface area contributed by atoms with Crippen LogP contribution in [0.1, 0.15) is 45.5 Å². The van der Waals surface area contributed by atoms with E-state index in [1.807, 2.05) is 36.4 Å². The molecule has 0 radical (unpaired) electrons. The van der Waals surface area contributed by atoms with Crippen LogP contribution >= 0.6 is 0 Å². The minimum absolute atomic E-state index is 0.0737. The number of nitrogens with two attached hydrogens (primary N) is 1. The van der Waals surface area contributed by atoms with Gasteiger partial charge in [-0.1, -0.05) is 24.3 Å². The van der Waals surface area contributed by atoms with Gasteiger partial charge in [0.1, 0.15) is 0 Å². The molecule has 0 bridgehead atoms. The van der Waals surface area contributed by atoms with Crippen molar-refractivity contribution >= 4 is 28.9 Å². The van der Waals surface area contributed by atoms with Crippen molar-refractivity contribution in [2.24, 2.45) is 5.73 Å². The van der Waals surface area contributed by atoms with Gasteiger partial charge in [0.15, 0.2) is 11.5 Å². The maximum atomic E-state index is 13.6. The van der Waals surface area contributed by atoms with E-state index in [4.69, 9.17) is 15.2 Å². The van der Waals surface area contributed by atoms with Crippen molar-refractivity contribution in [2.45, 2.75) is 25.8 Å². The zero-order valence-corrected chi connectivity index (χ0v) is 25.3. The van der Waals surface area contributed by atoms with E-state index >= 15 is 0 Å². The maximum Gasteiger partial charge on any atom is 0.269 e. The molecule has 1 saturated heterocycles. The number of anilines is 2. The van der Waals surface area contributed by atoms with Crippen LogP contribution in [-0.4, -0.2) is 54.6 Å². The third-order valence-corrected chi connectivity index (χ3v) is 8.20. The lowest BCUT2D eigenvalue weighted by molar-refractivity contribution is -0.384. The maximum absolute atomic E-state index is 13.6. The predicted molar refractivity (Wildman–Crippen MR) is 175 cm³/mol. The zero-order chi connectivity index (χ0) is 32.0. The van der Waals surface area contributed by atoms with Gasteiger partial charge < -0.3 is 30.3 Å². The number of amides is 2. The quantitative estimate of drug-likeness (QED) is 0.157. The van der Waals surface area contributed by atoms with Crippen molar-refractivity contribution in [1.82, 2.24) is 4.90 Å². The molecule has 2 amide bonds. The van der Waals surface area contributed by atoms with Crippen LogP contribution in [0.15, 0.2) is 84.9 Å². The summed E-state index contributed by atoms with van der Waals surface area (Å²) in [6.07, 6.45) is 2.81. The number of non-ortho nitro benzene ring substituents is 1. The average Bonchev–Trinajstić information content (AvgIpc) is 3.79. The summed E-state index contributed by atoms with van der Waals surface area (Å²) in [5.41, 5.74) is 11.0. The Morgan fingerprint density at radius 1 is 0.891 bits per heavy atom. The number of ether oxygens (including phenoxy) is 2. The van der Waals surface area contributed by atoms with Gasteiger partial charge in [-0.3, -0.25) is 19.7 Å². The number of nitrogens with zero attached hydrogens (tertiary/aromatic N) is 3. The van der Waals surface area contributed by atoms with Crippen LogP contribution in [0.25, 0.3) is 11.1 Å². The van der Waals surface area contributed by atoms with Crippen molar-refractivity contribution in [3.8, 4) is 22.6 Å². The number of carbonyl (C=O) groups excluding carboxylic acids is 2. The van der Waals surface area contributed by atoms with Crippen LogP contribution in [-0.2, 0) is 6.54 Å². The largest absolute Gasteiger partial charge is 0.454 e. The van der Waals surface area contributed by atoms with Gasteiger partial charge in [-0.15, -0.1) is 0 Å². The van der Waals surface area contributed by atoms with Gasteiger partial charge in [0.05, 0.1) is 16.3 Å². The molecule has 1 fully saturated rings. The number of rotatable bonds is 11. The summed E-state index contributed by atoms with van der Waals surface area (Å²) in [6, 6.07) is 24.8. The summed E-state index contributed by atoms with van der Waals surface area (Å²) in [5, 5.41) is 14.1. The molecule has 46 heavy (non-hydrogen) atoms. The van der Waals surface area contributed by atoms with Crippen molar-refractivity contribution in [1.29, 1.82) is 0 Å². The molecule has 4 aromatic rings. The number of carbonyl (C=O) groups is 2. The van der Waals surface area contributed by atoms with Crippen LogP contribution in [0.4, 0.5) is 17.1 Å². The normalized spacial score (nSPS) is 13.5.